The molecule has 4 aromatic rings. The van der Waals surface area contributed by atoms with Crippen molar-refractivity contribution in [2.24, 2.45) is 23.7 Å². The molecule has 0 saturated carbocycles. The summed E-state index contributed by atoms with van der Waals surface area (Å²) in [5.41, 5.74) is 2.96. The molecule has 324 valence electrons. The second kappa shape index (κ2) is 18.6. The zero-order valence-corrected chi connectivity index (χ0v) is 35.1. The number of nitrogens with zero attached hydrogens (tertiary/aromatic N) is 6. The van der Waals surface area contributed by atoms with Crippen LogP contribution in [0, 0.1) is 23.7 Å². The van der Waals surface area contributed by atoms with Crippen molar-refractivity contribution in [2.75, 3.05) is 26.3 Å². The number of hydrogen-bond acceptors (Lipinski definition) is 10. The summed E-state index contributed by atoms with van der Waals surface area (Å²) in [6.45, 7) is 8.33. The molecule has 0 unspecified atom stereocenters. The maximum Gasteiger partial charge on any atom is 0.258 e. The molecular formula is C46H52N8O8. The molecule has 8 rings (SSSR count). The van der Waals surface area contributed by atoms with Gasteiger partial charge in [0.15, 0.2) is 0 Å². The van der Waals surface area contributed by atoms with Gasteiger partial charge in [0.1, 0.15) is 12.1 Å². The van der Waals surface area contributed by atoms with Gasteiger partial charge in [0.25, 0.3) is 22.9 Å². The van der Waals surface area contributed by atoms with E-state index in [0.717, 1.165) is 0 Å². The number of fused-ring (bicyclic) bond motifs is 6. The first-order valence-corrected chi connectivity index (χ1v) is 21.0. The number of nitrogens with one attached hydrogen (secondary N) is 2. The molecule has 0 aliphatic carbocycles. The predicted octanol–water partition coefficient (Wildman–Crippen LogP) is 2.43. The maximum atomic E-state index is 13.6. The molecule has 0 radical (unpaired) electrons. The van der Waals surface area contributed by atoms with E-state index < -0.39 is 36.0 Å². The lowest BCUT2D eigenvalue weighted by atomic mass is 9.88. The summed E-state index contributed by atoms with van der Waals surface area (Å²) in [6.07, 6.45) is 13.2. The van der Waals surface area contributed by atoms with Crippen LogP contribution in [0.1, 0.15) is 83.0 Å². The maximum absolute atomic E-state index is 13.6. The van der Waals surface area contributed by atoms with Crippen molar-refractivity contribution in [1.29, 1.82) is 0 Å². The van der Waals surface area contributed by atoms with Crippen LogP contribution in [0.4, 0.5) is 0 Å². The Bertz CT molecular complexity index is 2330. The Balaban J connectivity index is 0.000000186. The number of aromatic nitrogens is 4. The molecule has 8 atom stereocenters. The van der Waals surface area contributed by atoms with Crippen LogP contribution in [-0.2, 0) is 22.7 Å². The van der Waals surface area contributed by atoms with E-state index >= 15 is 0 Å². The molecule has 8 heterocycles. The molecule has 16 heteroatoms. The van der Waals surface area contributed by atoms with Gasteiger partial charge in [-0.25, -0.2) is 0 Å². The average molecular weight is 845 g/mol. The van der Waals surface area contributed by atoms with E-state index in [1.54, 1.807) is 92.0 Å². The lowest BCUT2D eigenvalue weighted by Crippen LogP contribution is -2.50. The summed E-state index contributed by atoms with van der Waals surface area (Å²) in [5.74, 6) is -2.73. The normalized spacial score (nSPS) is 24.3. The highest BCUT2D eigenvalue weighted by molar-refractivity contribution is 5.99. The number of aliphatic hydroxyl groups excluding tert-OH is 2. The summed E-state index contributed by atoms with van der Waals surface area (Å²) in [6, 6.07) is 11.2. The Morgan fingerprint density at radius 1 is 0.661 bits per heavy atom. The Morgan fingerprint density at radius 2 is 1.06 bits per heavy atom. The first-order chi connectivity index (χ1) is 30.1. The summed E-state index contributed by atoms with van der Waals surface area (Å²) in [4.78, 5) is 90.3. The molecule has 0 spiro atoms. The summed E-state index contributed by atoms with van der Waals surface area (Å²) in [5, 5.41) is 26.1. The van der Waals surface area contributed by atoms with Crippen LogP contribution in [0.5, 0.6) is 0 Å². The van der Waals surface area contributed by atoms with Gasteiger partial charge in [0.2, 0.25) is 11.8 Å². The number of hydrogen-bond donors (Lipinski definition) is 4. The van der Waals surface area contributed by atoms with E-state index in [4.69, 9.17) is 0 Å². The van der Waals surface area contributed by atoms with Gasteiger partial charge < -0.3 is 39.8 Å². The molecule has 4 aliphatic rings. The first-order valence-electron chi connectivity index (χ1n) is 21.0. The average Bonchev–Trinajstić information content (AvgIpc) is 4.03. The zero-order chi connectivity index (χ0) is 44.2. The molecule has 2 saturated heterocycles. The van der Waals surface area contributed by atoms with Crippen molar-refractivity contribution in [3.63, 3.8) is 0 Å². The van der Waals surface area contributed by atoms with Crippen molar-refractivity contribution in [1.82, 2.24) is 39.5 Å². The standard InChI is InChI=1S/2C23H26N4O4/c2*1-3-6-14-8-9-18-19-16(12-26(18)22(14)30)17(13-28)20(21(29)25-4-2)27(19)23(31)15-7-5-10-24-11-15/h2*3,5-11,16-17,19-20,28H,4,12-13H2,1-2H3,(H,25,29)/b6-3+;6-3-/t2*16-,17-,19+,20-/m00/s1. The van der Waals surface area contributed by atoms with Crippen molar-refractivity contribution in [3.05, 3.63) is 140 Å². The Labute approximate surface area is 358 Å². The highest BCUT2D eigenvalue weighted by Crippen LogP contribution is 2.51. The summed E-state index contributed by atoms with van der Waals surface area (Å²) >= 11 is 0. The van der Waals surface area contributed by atoms with E-state index in [0.29, 0.717) is 59.8 Å². The van der Waals surface area contributed by atoms with Crippen LogP contribution in [0.15, 0.2) is 95.1 Å². The van der Waals surface area contributed by atoms with E-state index in [9.17, 15) is 39.0 Å². The second-order valence-electron chi connectivity index (χ2n) is 15.8. The topological polar surface area (TPSA) is 209 Å². The SMILES string of the molecule is C/C=C/c1ccc2n(c1=O)C[C@H]1[C@H](CO)[C@@H](C(=O)NCC)N(C(=O)c3cccnc3)[C@@H]21.C/C=C\c1ccc2n(c1=O)C[C@H]1[C@H](CO)[C@@H](C(=O)NCC)N(C(=O)c3cccnc3)[C@@H]21. The molecule has 4 aliphatic heterocycles. The number of pyridine rings is 4. The zero-order valence-electron chi connectivity index (χ0n) is 35.1. The number of carbonyl (C=O) groups is 4. The van der Waals surface area contributed by atoms with E-state index in [-0.39, 0.29) is 59.8 Å². The van der Waals surface area contributed by atoms with Gasteiger partial charge in [0.05, 0.1) is 23.2 Å². The van der Waals surface area contributed by atoms with Gasteiger partial charge in [-0.2, -0.15) is 0 Å². The van der Waals surface area contributed by atoms with E-state index in [2.05, 4.69) is 20.6 Å². The molecule has 0 aromatic carbocycles. The molecule has 4 aromatic heterocycles. The molecule has 0 bridgehead atoms. The Kier molecular flexibility index (Phi) is 13.1. The third kappa shape index (κ3) is 7.57. The minimum atomic E-state index is -0.827. The number of likely N-dealkylation sites (tertiary alicyclic amines) is 2. The van der Waals surface area contributed by atoms with E-state index in [1.807, 2.05) is 39.8 Å². The Morgan fingerprint density at radius 3 is 1.39 bits per heavy atom. The van der Waals surface area contributed by atoms with Crippen LogP contribution in [-0.4, -0.2) is 101 Å². The number of rotatable bonds is 10. The van der Waals surface area contributed by atoms with Gasteiger partial charge in [-0.1, -0.05) is 24.3 Å². The van der Waals surface area contributed by atoms with Crippen LogP contribution in [0.25, 0.3) is 12.2 Å². The lowest BCUT2D eigenvalue weighted by molar-refractivity contribution is -0.127. The van der Waals surface area contributed by atoms with E-state index in [1.165, 1.54) is 12.4 Å². The fourth-order valence-corrected chi connectivity index (χ4v) is 9.90. The highest BCUT2D eigenvalue weighted by Gasteiger charge is 2.59. The monoisotopic (exact) mass is 844 g/mol. The van der Waals surface area contributed by atoms with Crippen molar-refractivity contribution in [2.45, 2.75) is 65.0 Å². The smallest absolute Gasteiger partial charge is 0.258 e. The molecule has 2 fully saturated rings. The van der Waals surface area contributed by atoms with Crippen molar-refractivity contribution >= 4 is 35.8 Å². The predicted molar refractivity (Wildman–Crippen MR) is 230 cm³/mol. The molecule has 4 amide bonds. The minimum Gasteiger partial charge on any atom is -0.396 e. The molecule has 62 heavy (non-hydrogen) atoms. The first kappa shape index (κ1) is 43.6. The Hall–Kier alpha value is -6.52. The summed E-state index contributed by atoms with van der Waals surface area (Å²) in [7, 11) is 0. The van der Waals surface area contributed by atoms with Crippen molar-refractivity contribution < 1.29 is 29.4 Å². The van der Waals surface area contributed by atoms with Gasteiger partial charge >= 0.3 is 0 Å². The van der Waals surface area contributed by atoms with Gasteiger partial charge in [-0.3, -0.25) is 38.7 Å². The molecule has 4 N–H and O–H groups in total. The molecule has 16 nitrogen and oxygen atoms in total. The summed E-state index contributed by atoms with van der Waals surface area (Å²) < 4.78 is 3.34. The third-order valence-electron chi connectivity index (χ3n) is 12.4. The van der Waals surface area contributed by atoms with Crippen LogP contribution in [0.2, 0.25) is 0 Å². The van der Waals surface area contributed by atoms with Gasteiger partial charge in [-0.05, 0) is 76.2 Å². The molecular weight excluding hydrogens is 793 g/mol. The second-order valence-corrected chi connectivity index (χ2v) is 15.8. The lowest BCUT2D eigenvalue weighted by Gasteiger charge is -2.31. The quantitative estimate of drug-likeness (QED) is 0.183. The van der Waals surface area contributed by atoms with Crippen LogP contribution in [0.3, 0.4) is 0 Å². The van der Waals surface area contributed by atoms with Gasteiger partial charge in [0, 0.05) is 110 Å². The highest BCUT2D eigenvalue weighted by atomic mass is 16.3. The number of aliphatic hydroxyl groups is 2. The largest absolute Gasteiger partial charge is 0.396 e. The number of likely N-dealkylation sites (N-methyl/N-ethyl adjacent to an activating group) is 2. The number of allylic oxidation sites excluding steroid dienone is 2. The third-order valence-corrected chi connectivity index (χ3v) is 12.4. The van der Waals surface area contributed by atoms with Gasteiger partial charge in [-0.15, -0.1) is 0 Å². The van der Waals surface area contributed by atoms with Crippen LogP contribution < -0.4 is 21.8 Å². The minimum absolute atomic E-state index is 0.134. The fourth-order valence-electron chi connectivity index (χ4n) is 9.90. The van der Waals surface area contributed by atoms with Crippen LogP contribution >= 0.6 is 0 Å². The fraction of sp³-hybridized carbons (Fsp3) is 0.391. The van der Waals surface area contributed by atoms with Crippen molar-refractivity contribution in [3.8, 4) is 0 Å². The number of amides is 4. The number of carbonyl (C=O) groups excluding carboxylic acids is 4.